The third-order valence-electron chi connectivity index (χ3n) is 10.6. The topological polar surface area (TPSA) is 69.7 Å². The summed E-state index contributed by atoms with van der Waals surface area (Å²) < 4.78 is 11.3. The van der Waals surface area contributed by atoms with E-state index < -0.39 is 10.8 Å². The second-order valence-electron chi connectivity index (χ2n) is 12.6. The van der Waals surface area contributed by atoms with Crippen LogP contribution in [-0.4, -0.2) is 24.3 Å². The molecule has 1 spiro atoms. The van der Waals surface area contributed by atoms with E-state index in [1.165, 1.54) is 0 Å². The van der Waals surface area contributed by atoms with Gasteiger partial charge in [-0.25, -0.2) is 4.79 Å². The number of benzene rings is 1. The van der Waals surface area contributed by atoms with Gasteiger partial charge in [-0.1, -0.05) is 58.0 Å². The third-order valence-corrected chi connectivity index (χ3v) is 10.6. The molecule has 1 aromatic carbocycles. The van der Waals surface area contributed by atoms with Crippen molar-refractivity contribution in [2.24, 2.45) is 39.4 Å². The molecule has 5 nitrogen and oxygen atoms in total. The maximum Gasteiger partial charge on any atom is 0.338 e. The SMILES string of the molecule is C/C(=C\[C@H]1CC[C@@H]2[C@@]3(C)C(=O)C=CC(C)(C)C3CC[C@@]2(C)[C@@]12COC(=O)C2)C(=O)Oc1ccccc1. The van der Waals surface area contributed by atoms with Crippen molar-refractivity contribution in [3.8, 4) is 5.75 Å². The Morgan fingerprint density at radius 3 is 2.42 bits per heavy atom. The Morgan fingerprint density at radius 1 is 1.03 bits per heavy atom. The summed E-state index contributed by atoms with van der Waals surface area (Å²) in [5, 5.41) is 0. The summed E-state index contributed by atoms with van der Waals surface area (Å²) in [4.78, 5) is 39.2. The van der Waals surface area contributed by atoms with Crippen LogP contribution in [0.4, 0.5) is 0 Å². The van der Waals surface area contributed by atoms with Crippen molar-refractivity contribution in [2.75, 3.05) is 6.61 Å². The van der Waals surface area contributed by atoms with Gasteiger partial charge in [-0.05, 0) is 79.4 Å². The smallest absolute Gasteiger partial charge is 0.338 e. The van der Waals surface area contributed by atoms with E-state index in [0.29, 0.717) is 24.4 Å². The highest BCUT2D eigenvalue weighted by Gasteiger charge is 2.70. The molecule has 3 fully saturated rings. The maximum atomic E-state index is 13.6. The van der Waals surface area contributed by atoms with E-state index >= 15 is 0 Å². The molecule has 36 heavy (non-hydrogen) atoms. The fourth-order valence-electron chi connectivity index (χ4n) is 8.62. The predicted molar refractivity (Wildman–Crippen MR) is 137 cm³/mol. The van der Waals surface area contributed by atoms with Crippen LogP contribution in [0.3, 0.4) is 0 Å². The largest absolute Gasteiger partial charge is 0.465 e. The maximum absolute atomic E-state index is 13.6. The van der Waals surface area contributed by atoms with Crippen molar-refractivity contribution in [1.82, 2.24) is 0 Å². The van der Waals surface area contributed by atoms with Crippen molar-refractivity contribution < 1.29 is 23.9 Å². The summed E-state index contributed by atoms with van der Waals surface area (Å²) in [6.07, 6.45) is 9.83. The first-order valence-electron chi connectivity index (χ1n) is 13.3. The Balaban J connectivity index is 1.51. The lowest BCUT2D eigenvalue weighted by atomic mass is 9.35. The van der Waals surface area contributed by atoms with Crippen LogP contribution in [0, 0.1) is 39.4 Å². The summed E-state index contributed by atoms with van der Waals surface area (Å²) in [7, 11) is 0. The highest BCUT2D eigenvalue weighted by Crippen LogP contribution is 2.72. The molecule has 6 atom stereocenters. The number of ether oxygens (including phenoxy) is 2. The van der Waals surface area contributed by atoms with Crippen LogP contribution in [0.5, 0.6) is 5.75 Å². The summed E-state index contributed by atoms with van der Waals surface area (Å²) >= 11 is 0. The molecule has 0 bridgehead atoms. The fraction of sp³-hybridized carbons (Fsp3) is 0.581. The normalized spacial score (nSPS) is 39.4. The average Bonchev–Trinajstić information content (AvgIpc) is 3.23. The van der Waals surface area contributed by atoms with E-state index in [-0.39, 0.29) is 46.3 Å². The van der Waals surface area contributed by atoms with Crippen LogP contribution >= 0.6 is 0 Å². The first-order chi connectivity index (χ1) is 16.9. The molecule has 0 radical (unpaired) electrons. The molecule has 3 aliphatic carbocycles. The first kappa shape index (κ1) is 25.0. The van der Waals surface area contributed by atoms with E-state index in [1.54, 1.807) is 25.1 Å². The van der Waals surface area contributed by atoms with Crippen LogP contribution in [0.15, 0.2) is 54.1 Å². The standard InChI is InChI=1S/C31H38O5/c1-20(27(34)36-22-9-7-6-8-10-22)17-21-11-12-24-29(4,31(21)18-26(33)35-19-31)16-13-23-28(2,3)15-14-25(32)30(23,24)5/h6-10,14-15,17,21,23-24H,11-13,16,18-19H2,1-5H3/b20-17+/t21-,23?,24+,29-,30+,31+/m1/s1. The highest BCUT2D eigenvalue weighted by molar-refractivity contribution is 5.96. The molecule has 5 heteroatoms. The van der Waals surface area contributed by atoms with Crippen molar-refractivity contribution in [2.45, 2.75) is 66.7 Å². The van der Waals surface area contributed by atoms with E-state index in [1.807, 2.05) is 24.3 Å². The van der Waals surface area contributed by atoms with Gasteiger partial charge in [0.05, 0.1) is 13.0 Å². The van der Waals surface area contributed by atoms with Gasteiger partial charge in [-0.15, -0.1) is 0 Å². The second kappa shape index (κ2) is 8.43. The Hall–Kier alpha value is -2.69. The number of fused-ring (bicyclic) bond motifs is 4. The van der Waals surface area contributed by atoms with Gasteiger partial charge in [0.15, 0.2) is 5.78 Å². The molecule has 4 aliphatic rings. The number of carbonyl (C=O) groups is 3. The van der Waals surface area contributed by atoms with Gasteiger partial charge in [0.1, 0.15) is 5.75 Å². The second-order valence-corrected chi connectivity index (χ2v) is 12.6. The lowest BCUT2D eigenvalue weighted by Gasteiger charge is -2.67. The number of hydrogen-bond acceptors (Lipinski definition) is 5. The van der Waals surface area contributed by atoms with E-state index in [2.05, 4.69) is 33.8 Å². The molecular formula is C31H38O5. The molecule has 5 rings (SSSR count). The molecule has 2 saturated carbocycles. The van der Waals surface area contributed by atoms with Gasteiger partial charge >= 0.3 is 11.9 Å². The minimum atomic E-state index is -0.472. The number of para-hydroxylation sites is 1. The van der Waals surface area contributed by atoms with Crippen LogP contribution in [0.2, 0.25) is 0 Å². The lowest BCUT2D eigenvalue weighted by Crippen LogP contribution is -2.65. The van der Waals surface area contributed by atoms with Gasteiger partial charge in [-0.3, -0.25) is 9.59 Å². The number of hydrogen-bond donors (Lipinski definition) is 0. The third kappa shape index (κ3) is 3.53. The van der Waals surface area contributed by atoms with Gasteiger partial charge in [0.2, 0.25) is 0 Å². The lowest BCUT2D eigenvalue weighted by molar-refractivity contribution is -0.191. The zero-order valence-corrected chi connectivity index (χ0v) is 22.1. The minimum Gasteiger partial charge on any atom is -0.465 e. The molecular weight excluding hydrogens is 452 g/mol. The van der Waals surface area contributed by atoms with Crippen LogP contribution in [0.25, 0.3) is 0 Å². The average molecular weight is 491 g/mol. The number of ketones is 1. The highest BCUT2D eigenvalue weighted by atomic mass is 16.5. The summed E-state index contributed by atoms with van der Waals surface area (Å²) in [5.74, 6) is 0.594. The van der Waals surface area contributed by atoms with Crippen molar-refractivity contribution in [1.29, 1.82) is 0 Å². The molecule has 0 aromatic heterocycles. The van der Waals surface area contributed by atoms with Gasteiger partial charge in [0.25, 0.3) is 0 Å². The van der Waals surface area contributed by atoms with Crippen molar-refractivity contribution in [3.05, 3.63) is 54.1 Å². The zero-order chi connectivity index (χ0) is 25.9. The van der Waals surface area contributed by atoms with E-state index in [9.17, 15) is 14.4 Å². The minimum absolute atomic E-state index is 0.00378. The molecule has 1 aromatic rings. The summed E-state index contributed by atoms with van der Waals surface area (Å²) in [5.41, 5.74) is -0.680. The van der Waals surface area contributed by atoms with Gasteiger partial charge < -0.3 is 9.47 Å². The first-order valence-corrected chi connectivity index (χ1v) is 13.3. The Bertz CT molecular complexity index is 1150. The Labute approximate surface area is 214 Å². The van der Waals surface area contributed by atoms with Crippen molar-refractivity contribution in [3.63, 3.8) is 0 Å². The molecule has 1 aliphatic heterocycles. The Kier molecular flexibility index (Phi) is 5.85. The fourth-order valence-corrected chi connectivity index (χ4v) is 8.62. The number of esters is 2. The number of carbonyl (C=O) groups excluding carboxylic acids is 3. The van der Waals surface area contributed by atoms with Gasteiger partial charge in [0, 0.05) is 16.4 Å². The van der Waals surface area contributed by atoms with Gasteiger partial charge in [-0.2, -0.15) is 0 Å². The van der Waals surface area contributed by atoms with Crippen LogP contribution in [0.1, 0.15) is 66.7 Å². The number of allylic oxidation sites excluding steroid dienone is 3. The van der Waals surface area contributed by atoms with Crippen LogP contribution in [-0.2, 0) is 19.1 Å². The van der Waals surface area contributed by atoms with E-state index in [0.717, 1.165) is 25.7 Å². The van der Waals surface area contributed by atoms with Crippen LogP contribution < -0.4 is 4.74 Å². The predicted octanol–water partition coefficient (Wildman–Crippen LogP) is 6.09. The summed E-state index contributed by atoms with van der Waals surface area (Å²) in [6.45, 7) is 11.1. The Morgan fingerprint density at radius 2 is 1.75 bits per heavy atom. The molecule has 0 N–H and O–H groups in total. The number of cyclic esters (lactones) is 1. The van der Waals surface area contributed by atoms with Crippen molar-refractivity contribution >= 4 is 17.7 Å². The molecule has 1 unspecified atom stereocenters. The quantitative estimate of drug-likeness (QED) is 0.292. The zero-order valence-electron chi connectivity index (χ0n) is 22.1. The molecule has 0 amide bonds. The number of rotatable bonds is 3. The summed E-state index contributed by atoms with van der Waals surface area (Å²) in [6, 6.07) is 9.07. The monoisotopic (exact) mass is 490 g/mol. The molecule has 1 heterocycles. The molecule has 1 saturated heterocycles. The molecule has 192 valence electrons. The van der Waals surface area contributed by atoms with E-state index in [4.69, 9.17) is 9.47 Å².